The number of hydrogen-bond donors (Lipinski definition) is 2. The third-order valence-corrected chi connectivity index (χ3v) is 4.80. The van der Waals surface area contributed by atoms with Gasteiger partial charge < -0.3 is 10.2 Å². The van der Waals surface area contributed by atoms with Crippen molar-refractivity contribution in [2.24, 2.45) is 0 Å². The lowest BCUT2D eigenvalue weighted by molar-refractivity contribution is -0.910. The molecule has 0 aliphatic carbocycles. The van der Waals surface area contributed by atoms with Gasteiger partial charge in [-0.1, -0.05) is 24.3 Å². The summed E-state index contributed by atoms with van der Waals surface area (Å²) in [6.45, 7) is 1.64. The molecule has 3 nitrogen and oxygen atoms in total. The van der Waals surface area contributed by atoms with E-state index in [1.807, 2.05) is 30.3 Å². The molecule has 104 valence electrons. The fourth-order valence-corrected chi connectivity index (χ4v) is 3.81. The molecule has 1 aromatic carbocycles. The number of amides is 1. The average Bonchev–Trinajstić information content (AvgIpc) is 3.10. The first kappa shape index (κ1) is 13.3. The molecule has 1 amide bonds. The highest BCUT2D eigenvalue weighted by Gasteiger charge is 2.32. The van der Waals surface area contributed by atoms with Gasteiger partial charge in [0.05, 0.1) is 11.4 Å². The monoisotopic (exact) mass is 287 g/mol. The van der Waals surface area contributed by atoms with Crippen molar-refractivity contribution >= 4 is 22.9 Å². The third-order valence-electron chi connectivity index (χ3n) is 3.82. The van der Waals surface area contributed by atoms with Crippen molar-refractivity contribution in [3.63, 3.8) is 0 Å². The molecule has 0 bridgehead atoms. The number of likely N-dealkylation sites (tertiary alicyclic amines) is 1. The van der Waals surface area contributed by atoms with E-state index < -0.39 is 0 Å². The van der Waals surface area contributed by atoms with Gasteiger partial charge in [-0.2, -0.15) is 0 Å². The lowest BCUT2D eigenvalue weighted by atomic mass is 10.2. The Bertz CT molecular complexity index is 553. The van der Waals surface area contributed by atoms with Gasteiger partial charge in [-0.25, -0.2) is 0 Å². The maximum absolute atomic E-state index is 12.2. The van der Waals surface area contributed by atoms with Crippen LogP contribution in [0.4, 0.5) is 5.69 Å². The predicted octanol–water partition coefficient (Wildman–Crippen LogP) is 2.11. The number of carbonyl (C=O) groups is 1. The molecule has 2 aromatic rings. The van der Waals surface area contributed by atoms with E-state index in [-0.39, 0.29) is 5.91 Å². The predicted molar refractivity (Wildman–Crippen MR) is 82.1 cm³/mol. The van der Waals surface area contributed by atoms with Crippen LogP contribution in [0.3, 0.4) is 0 Å². The second-order valence-electron chi connectivity index (χ2n) is 5.21. The summed E-state index contributed by atoms with van der Waals surface area (Å²) < 4.78 is 0. The summed E-state index contributed by atoms with van der Waals surface area (Å²) >= 11 is 1.80. The summed E-state index contributed by atoms with van der Waals surface area (Å²) in [7, 11) is 0. The van der Waals surface area contributed by atoms with Gasteiger partial charge in [0.1, 0.15) is 6.04 Å². The Labute approximate surface area is 123 Å². The first-order valence-corrected chi connectivity index (χ1v) is 7.94. The van der Waals surface area contributed by atoms with Gasteiger partial charge in [-0.3, -0.25) is 4.79 Å². The molecule has 1 fully saturated rings. The zero-order valence-corrected chi connectivity index (χ0v) is 12.2. The zero-order chi connectivity index (χ0) is 13.8. The molecule has 0 saturated carbocycles. The quantitative estimate of drug-likeness (QED) is 0.887. The Morgan fingerprint density at radius 1 is 1.25 bits per heavy atom. The van der Waals surface area contributed by atoms with Gasteiger partial charge in [0.25, 0.3) is 5.91 Å². The lowest BCUT2D eigenvalue weighted by Gasteiger charge is -2.20. The second-order valence-corrected chi connectivity index (χ2v) is 6.19. The van der Waals surface area contributed by atoms with E-state index >= 15 is 0 Å². The van der Waals surface area contributed by atoms with Crippen LogP contribution >= 0.6 is 11.3 Å². The van der Waals surface area contributed by atoms with Gasteiger partial charge >= 0.3 is 0 Å². The Hall–Kier alpha value is -1.65. The largest absolute Gasteiger partial charge is 0.321 e. The minimum Gasteiger partial charge on any atom is -0.321 e. The summed E-state index contributed by atoms with van der Waals surface area (Å²) in [4.78, 5) is 15.0. The van der Waals surface area contributed by atoms with Crippen LogP contribution in [0.25, 0.3) is 0 Å². The molecule has 1 aliphatic rings. The Morgan fingerprint density at radius 2 is 2.10 bits per heavy atom. The molecule has 2 N–H and O–H groups in total. The number of carbonyl (C=O) groups excluding carboxylic acids is 1. The lowest BCUT2D eigenvalue weighted by Crippen LogP contribution is -3.11. The number of quaternary nitrogens is 1. The van der Waals surface area contributed by atoms with Crippen molar-refractivity contribution in [3.05, 3.63) is 52.7 Å². The second kappa shape index (κ2) is 6.20. The summed E-state index contributed by atoms with van der Waals surface area (Å²) in [5.41, 5.74) is 0.878. The van der Waals surface area contributed by atoms with Crippen molar-refractivity contribution in [2.75, 3.05) is 18.4 Å². The molecule has 20 heavy (non-hydrogen) atoms. The molecule has 2 heterocycles. The SMILES string of the molecule is O=C(C[NH+]1CCC[C@H]1c1cccs1)Nc1ccccc1. The standard InChI is InChI=1S/C16H18N2OS/c19-16(17-13-6-2-1-3-7-13)12-18-10-4-8-14(18)15-9-5-11-20-15/h1-3,5-7,9,11,14H,4,8,10,12H2,(H,17,19)/p+1/t14-/m0/s1. The van der Waals surface area contributed by atoms with Crippen LogP contribution in [0.1, 0.15) is 23.8 Å². The van der Waals surface area contributed by atoms with Crippen LogP contribution in [-0.2, 0) is 4.79 Å². The Morgan fingerprint density at radius 3 is 2.85 bits per heavy atom. The van der Waals surface area contributed by atoms with Gasteiger partial charge in [-0.05, 0) is 23.6 Å². The molecule has 0 radical (unpaired) electrons. The molecule has 1 aromatic heterocycles. The number of rotatable bonds is 4. The highest BCUT2D eigenvalue weighted by Crippen LogP contribution is 2.23. The molecular formula is C16H19N2OS+. The number of para-hydroxylation sites is 1. The fourth-order valence-electron chi connectivity index (χ4n) is 2.89. The molecule has 1 unspecified atom stereocenters. The minimum absolute atomic E-state index is 0.106. The molecule has 1 aliphatic heterocycles. The van der Waals surface area contributed by atoms with Crippen molar-refractivity contribution in [1.82, 2.24) is 0 Å². The van der Waals surface area contributed by atoms with Gasteiger partial charge in [0.2, 0.25) is 0 Å². The van der Waals surface area contributed by atoms with Crippen LogP contribution in [0, 0.1) is 0 Å². The highest BCUT2D eigenvalue weighted by molar-refractivity contribution is 7.10. The highest BCUT2D eigenvalue weighted by atomic mass is 32.1. The molecular weight excluding hydrogens is 268 g/mol. The van der Waals surface area contributed by atoms with Crippen LogP contribution in [0.15, 0.2) is 47.8 Å². The summed E-state index contributed by atoms with van der Waals surface area (Å²) in [6, 6.07) is 14.5. The average molecular weight is 287 g/mol. The molecule has 1 saturated heterocycles. The number of thiophene rings is 1. The van der Waals surface area contributed by atoms with Crippen LogP contribution in [0.2, 0.25) is 0 Å². The van der Waals surface area contributed by atoms with Crippen molar-refractivity contribution in [3.8, 4) is 0 Å². The van der Waals surface area contributed by atoms with E-state index in [0.717, 1.165) is 12.2 Å². The Balaban J connectivity index is 1.61. The van der Waals surface area contributed by atoms with Gasteiger partial charge in [0.15, 0.2) is 6.54 Å². The van der Waals surface area contributed by atoms with Gasteiger partial charge in [-0.15, -0.1) is 11.3 Å². The maximum Gasteiger partial charge on any atom is 0.279 e. The first-order chi connectivity index (χ1) is 9.83. The summed E-state index contributed by atoms with van der Waals surface area (Å²) in [5.74, 6) is 0.106. The van der Waals surface area contributed by atoms with Crippen LogP contribution in [-0.4, -0.2) is 19.0 Å². The van der Waals surface area contributed by atoms with E-state index in [2.05, 4.69) is 22.8 Å². The normalized spacial score (nSPS) is 21.8. The van der Waals surface area contributed by atoms with E-state index in [4.69, 9.17) is 0 Å². The fraction of sp³-hybridized carbons (Fsp3) is 0.312. The number of benzene rings is 1. The zero-order valence-electron chi connectivity index (χ0n) is 11.3. The Kier molecular flexibility index (Phi) is 4.14. The molecule has 0 spiro atoms. The number of nitrogens with one attached hydrogen (secondary N) is 2. The van der Waals surface area contributed by atoms with E-state index in [1.165, 1.54) is 22.6 Å². The molecule has 3 rings (SSSR count). The third kappa shape index (κ3) is 3.08. The van der Waals surface area contributed by atoms with Crippen molar-refractivity contribution < 1.29 is 9.69 Å². The topological polar surface area (TPSA) is 33.5 Å². The van der Waals surface area contributed by atoms with Crippen LogP contribution in [0.5, 0.6) is 0 Å². The van der Waals surface area contributed by atoms with Gasteiger partial charge in [0, 0.05) is 18.5 Å². The van der Waals surface area contributed by atoms with Crippen molar-refractivity contribution in [1.29, 1.82) is 0 Å². The number of anilines is 1. The van der Waals surface area contributed by atoms with E-state index in [9.17, 15) is 4.79 Å². The van der Waals surface area contributed by atoms with E-state index in [0.29, 0.717) is 12.6 Å². The molecule has 4 heteroatoms. The molecule has 2 atom stereocenters. The van der Waals surface area contributed by atoms with Crippen molar-refractivity contribution in [2.45, 2.75) is 18.9 Å². The summed E-state index contributed by atoms with van der Waals surface area (Å²) in [5, 5.41) is 5.10. The minimum atomic E-state index is 0.106. The van der Waals surface area contributed by atoms with Crippen LogP contribution < -0.4 is 10.2 Å². The van der Waals surface area contributed by atoms with E-state index in [1.54, 1.807) is 11.3 Å². The maximum atomic E-state index is 12.2. The summed E-state index contributed by atoms with van der Waals surface area (Å²) in [6.07, 6.45) is 2.39. The number of hydrogen-bond acceptors (Lipinski definition) is 2. The smallest absolute Gasteiger partial charge is 0.279 e. The first-order valence-electron chi connectivity index (χ1n) is 7.06.